The zero-order chi connectivity index (χ0) is 10.2. The van der Waals surface area contributed by atoms with Gasteiger partial charge in [0.05, 0.1) is 0 Å². The molecule has 2 N–H and O–H groups in total. The van der Waals surface area contributed by atoms with Crippen LogP contribution in [0.25, 0.3) is 0 Å². The number of aryl methyl sites for hydroxylation is 1. The molecule has 0 unspecified atom stereocenters. The maximum Gasteiger partial charge on any atom is 0.0357 e. The summed E-state index contributed by atoms with van der Waals surface area (Å²) in [6.07, 6.45) is 4.90. The minimum absolute atomic E-state index is 0.976. The molecule has 0 saturated carbocycles. The lowest BCUT2D eigenvalue weighted by Gasteiger charge is -2.01. The number of hydrogen-bond donors (Lipinski definition) is 2. The van der Waals surface area contributed by atoms with Crippen molar-refractivity contribution in [3.05, 3.63) is 23.5 Å². The van der Waals surface area contributed by atoms with Crippen LogP contribution in [0.5, 0.6) is 0 Å². The molecule has 2 heteroatoms. The highest BCUT2D eigenvalue weighted by molar-refractivity contribution is 5.12. The van der Waals surface area contributed by atoms with E-state index in [0.29, 0.717) is 0 Å². The number of aromatic amines is 1. The van der Waals surface area contributed by atoms with E-state index in [0.717, 1.165) is 19.5 Å². The van der Waals surface area contributed by atoms with Gasteiger partial charge in [-0.2, -0.15) is 0 Å². The first kappa shape index (κ1) is 11.3. The van der Waals surface area contributed by atoms with E-state index in [4.69, 9.17) is 0 Å². The van der Waals surface area contributed by atoms with Gasteiger partial charge in [-0.25, -0.2) is 0 Å². The van der Waals surface area contributed by atoms with Gasteiger partial charge < -0.3 is 10.3 Å². The smallest absolute Gasteiger partial charge is 0.0357 e. The Morgan fingerprint density at radius 1 is 1.14 bits per heavy atom. The Labute approximate surface area is 87.1 Å². The minimum atomic E-state index is 0.976. The van der Waals surface area contributed by atoms with Crippen LogP contribution < -0.4 is 5.32 Å². The third kappa shape index (κ3) is 3.97. The van der Waals surface area contributed by atoms with Crippen molar-refractivity contribution in [2.45, 2.75) is 46.1 Å². The van der Waals surface area contributed by atoms with Gasteiger partial charge >= 0.3 is 0 Å². The predicted molar refractivity (Wildman–Crippen MR) is 61.4 cm³/mol. The van der Waals surface area contributed by atoms with Gasteiger partial charge in [-0.1, -0.05) is 26.7 Å². The quantitative estimate of drug-likeness (QED) is 0.642. The Morgan fingerprint density at radius 3 is 2.64 bits per heavy atom. The topological polar surface area (TPSA) is 27.8 Å². The van der Waals surface area contributed by atoms with Gasteiger partial charge in [0, 0.05) is 17.9 Å². The summed E-state index contributed by atoms with van der Waals surface area (Å²) in [4.78, 5) is 3.43. The van der Waals surface area contributed by atoms with E-state index >= 15 is 0 Å². The van der Waals surface area contributed by atoms with Crippen LogP contribution in [0.2, 0.25) is 0 Å². The summed E-state index contributed by atoms with van der Waals surface area (Å²) in [6, 6.07) is 4.38. The predicted octanol–water partition coefficient (Wildman–Crippen LogP) is 2.86. The first-order valence-corrected chi connectivity index (χ1v) is 5.74. The lowest BCUT2D eigenvalue weighted by Crippen LogP contribution is -2.14. The van der Waals surface area contributed by atoms with Crippen molar-refractivity contribution in [1.29, 1.82) is 0 Å². The molecule has 1 aromatic heterocycles. The highest BCUT2D eigenvalue weighted by Gasteiger charge is 1.96. The van der Waals surface area contributed by atoms with E-state index in [-0.39, 0.29) is 0 Å². The Kier molecular flexibility index (Phi) is 5.38. The number of aromatic nitrogens is 1. The van der Waals surface area contributed by atoms with Crippen LogP contribution in [0.15, 0.2) is 12.1 Å². The van der Waals surface area contributed by atoms with Crippen LogP contribution in [0.3, 0.4) is 0 Å². The molecule has 0 aliphatic heterocycles. The van der Waals surface area contributed by atoms with Crippen LogP contribution >= 0.6 is 0 Å². The van der Waals surface area contributed by atoms with E-state index in [1.165, 1.54) is 30.7 Å². The van der Waals surface area contributed by atoms with Crippen LogP contribution in [-0.2, 0) is 13.0 Å². The summed E-state index contributed by atoms with van der Waals surface area (Å²) >= 11 is 0. The van der Waals surface area contributed by atoms with Gasteiger partial charge in [-0.15, -0.1) is 0 Å². The number of hydrogen-bond acceptors (Lipinski definition) is 1. The summed E-state index contributed by atoms with van der Waals surface area (Å²) in [5.74, 6) is 0. The molecule has 0 saturated heterocycles. The van der Waals surface area contributed by atoms with E-state index < -0.39 is 0 Å². The monoisotopic (exact) mass is 194 g/mol. The van der Waals surface area contributed by atoms with Crippen molar-refractivity contribution in [2.75, 3.05) is 6.54 Å². The second kappa shape index (κ2) is 6.66. The molecular formula is C12H22N2. The molecule has 0 aliphatic carbocycles. The summed E-state index contributed by atoms with van der Waals surface area (Å²) in [5, 5.41) is 3.43. The molecule has 14 heavy (non-hydrogen) atoms. The van der Waals surface area contributed by atoms with Crippen LogP contribution in [0.1, 0.15) is 44.5 Å². The zero-order valence-corrected chi connectivity index (χ0v) is 9.40. The fraction of sp³-hybridized carbons (Fsp3) is 0.667. The molecule has 0 spiro atoms. The van der Waals surface area contributed by atoms with Gasteiger partial charge in [-0.3, -0.25) is 0 Å². The van der Waals surface area contributed by atoms with E-state index in [2.05, 4.69) is 36.3 Å². The molecular weight excluding hydrogens is 172 g/mol. The Morgan fingerprint density at radius 2 is 1.93 bits per heavy atom. The molecule has 0 bridgehead atoms. The van der Waals surface area contributed by atoms with Crippen LogP contribution in [0, 0.1) is 0 Å². The SMILES string of the molecule is CCCCNCc1ccc(CCC)[nH]1. The third-order valence-electron chi connectivity index (χ3n) is 2.35. The van der Waals surface area contributed by atoms with E-state index in [1.807, 2.05) is 0 Å². The minimum Gasteiger partial charge on any atom is -0.361 e. The van der Waals surface area contributed by atoms with Gasteiger partial charge in [0.1, 0.15) is 0 Å². The average molecular weight is 194 g/mol. The molecule has 0 aliphatic rings. The fourth-order valence-electron chi connectivity index (χ4n) is 1.53. The molecule has 0 radical (unpaired) electrons. The molecule has 0 aromatic carbocycles. The first-order valence-electron chi connectivity index (χ1n) is 5.74. The maximum atomic E-state index is 3.43. The Hall–Kier alpha value is -0.760. The fourth-order valence-corrected chi connectivity index (χ4v) is 1.53. The molecule has 0 amide bonds. The van der Waals surface area contributed by atoms with Crippen molar-refractivity contribution < 1.29 is 0 Å². The second-order valence-corrected chi connectivity index (χ2v) is 3.79. The highest BCUT2D eigenvalue weighted by Crippen LogP contribution is 2.04. The van der Waals surface area contributed by atoms with Crippen LogP contribution in [0.4, 0.5) is 0 Å². The number of rotatable bonds is 7. The summed E-state index contributed by atoms with van der Waals surface area (Å²) in [6.45, 7) is 6.53. The third-order valence-corrected chi connectivity index (χ3v) is 2.35. The standard InChI is InChI=1S/C12H22N2/c1-3-5-9-13-10-12-8-7-11(14-12)6-4-2/h7-8,13-14H,3-6,9-10H2,1-2H3. The number of unbranched alkanes of at least 4 members (excludes halogenated alkanes) is 1. The van der Waals surface area contributed by atoms with Crippen molar-refractivity contribution in [1.82, 2.24) is 10.3 Å². The van der Waals surface area contributed by atoms with Gasteiger partial charge in [0.15, 0.2) is 0 Å². The lowest BCUT2D eigenvalue weighted by atomic mass is 10.3. The first-order chi connectivity index (χ1) is 6.86. The van der Waals surface area contributed by atoms with Gasteiger partial charge in [0.2, 0.25) is 0 Å². The van der Waals surface area contributed by atoms with E-state index in [1.54, 1.807) is 0 Å². The highest BCUT2D eigenvalue weighted by atomic mass is 14.9. The van der Waals surface area contributed by atoms with Gasteiger partial charge in [-0.05, 0) is 31.5 Å². The second-order valence-electron chi connectivity index (χ2n) is 3.79. The van der Waals surface area contributed by atoms with Crippen molar-refractivity contribution in [2.24, 2.45) is 0 Å². The van der Waals surface area contributed by atoms with Gasteiger partial charge in [0.25, 0.3) is 0 Å². The number of nitrogens with one attached hydrogen (secondary N) is 2. The average Bonchev–Trinajstić information content (AvgIpc) is 2.61. The molecule has 1 rings (SSSR count). The maximum absolute atomic E-state index is 3.43. The van der Waals surface area contributed by atoms with E-state index in [9.17, 15) is 0 Å². The summed E-state index contributed by atoms with van der Waals surface area (Å²) in [5.41, 5.74) is 2.67. The lowest BCUT2D eigenvalue weighted by molar-refractivity contribution is 0.634. The Balaban J connectivity index is 2.22. The van der Waals surface area contributed by atoms with Crippen LogP contribution in [-0.4, -0.2) is 11.5 Å². The molecule has 80 valence electrons. The normalized spacial score (nSPS) is 10.7. The molecule has 1 heterocycles. The van der Waals surface area contributed by atoms with Crippen molar-refractivity contribution in [3.63, 3.8) is 0 Å². The summed E-state index contributed by atoms with van der Waals surface area (Å²) < 4.78 is 0. The Bertz CT molecular complexity index is 240. The largest absolute Gasteiger partial charge is 0.361 e. The van der Waals surface area contributed by atoms with Crippen molar-refractivity contribution >= 4 is 0 Å². The molecule has 2 nitrogen and oxygen atoms in total. The molecule has 1 aromatic rings. The number of H-pyrrole nitrogens is 1. The molecule has 0 atom stereocenters. The zero-order valence-electron chi connectivity index (χ0n) is 9.40. The summed E-state index contributed by atoms with van der Waals surface area (Å²) in [7, 11) is 0. The molecule has 0 fully saturated rings. The van der Waals surface area contributed by atoms with Crippen molar-refractivity contribution in [3.8, 4) is 0 Å².